The number of hydrogen-bond donors (Lipinski definition) is 3. The average Bonchev–Trinajstić information content (AvgIpc) is 3.34. The number of likely N-dealkylation sites (tertiary alicyclic amines) is 1. The third-order valence-corrected chi connectivity index (χ3v) is 4.27. The highest BCUT2D eigenvalue weighted by Crippen LogP contribution is 2.24. The topological polar surface area (TPSA) is 91.1 Å². The van der Waals surface area contributed by atoms with Crippen molar-refractivity contribution in [1.29, 1.82) is 0 Å². The number of rotatable bonds is 10. The molecule has 1 atom stereocenters. The fraction of sp³-hybridized carbons (Fsp3) is 0.667. The van der Waals surface area contributed by atoms with E-state index in [1.165, 1.54) is 12.8 Å². The summed E-state index contributed by atoms with van der Waals surface area (Å²) in [4.78, 5) is 18.6. The number of hydrogen-bond acceptors (Lipinski definition) is 5. The summed E-state index contributed by atoms with van der Waals surface area (Å²) in [7, 11) is 1.60. The van der Waals surface area contributed by atoms with E-state index in [2.05, 4.69) is 25.8 Å². The Morgan fingerprint density at radius 1 is 1.35 bits per heavy atom. The molecule has 1 aliphatic rings. The summed E-state index contributed by atoms with van der Waals surface area (Å²) < 4.78 is 10.6. The van der Waals surface area contributed by atoms with Crippen LogP contribution >= 0.6 is 0 Å². The van der Waals surface area contributed by atoms with Crippen molar-refractivity contribution >= 4 is 11.9 Å². The van der Waals surface area contributed by atoms with E-state index < -0.39 is 0 Å². The standard InChI is InChI=1S/C18H31N5O3/c1-3-19-18(22-14-17(24)20-8-12-25-2)21-13-15(16-7-6-11-26-16)23-9-4-5-10-23/h6-7,11,15H,3-5,8-10,12-14H2,1-2H3,(H,20,24)(H2,19,21,22). The number of aliphatic imine (C=N–C) groups is 1. The molecule has 2 rings (SSSR count). The van der Waals surface area contributed by atoms with Crippen molar-refractivity contribution in [2.75, 3.05) is 53.0 Å². The second-order valence-corrected chi connectivity index (χ2v) is 6.19. The van der Waals surface area contributed by atoms with Gasteiger partial charge in [0.2, 0.25) is 5.91 Å². The molecular formula is C18H31N5O3. The monoisotopic (exact) mass is 365 g/mol. The van der Waals surface area contributed by atoms with Gasteiger partial charge in [-0.2, -0.15) is 0 Å². The third kappa shape index (κ3) is 6.68. The minimum absolute atomic E-state index is 0.0776. The highest BCUT2D eigenvalue weighted by atomic mass is 16.5. The van der Waals surface area contributed by atoms with Gasteiger partial charge in [0.25, 0.3) is 0 Å². The van der Waals surface area contributed by atoms with Crippen molar-refractivity contribution in [2.24, 2.45) is 4.99 Å². The van der Waals surface area contributed by atoms with Crippen molar-refractivity contribution in [3.63, 3.8) is 0 Å². The molecule has 1 amide bonds. The minimum Gasteiger partial charge on any atom is -0.468 e. The number of methoxy groups -OCH3 is 1. The van der Waals surface area contributed by atoms with Gasteiger partial charge in [0.05, 0.1) is 18.9 Å². The van der Waals surface area contributed by atoms with E-state index in [4.69, 9.17) is 9.15 Å². The molecule has 1 aromatic rings. The minimum atomic E-state index is -0.124. The first-order valence-electron chi connectivity index (χ1n) is 9.29. The summed E-state index contributed by atoms with van der Waals surface area (Å²) in [5, 5.41) is 9.29. The van der Waals surface area contributed by atoms with E-state index in [9.17, 15) is 4.79 Å². The summed E-state index contributed by atoms with van der Waals surface area (Å²) in [5.41, 5.74) is 0. The van der Waals surface area contributed by atoms with Gasteiger partial charge >= 0.3 is 0 Å². The third-order valence-electron chi connectivity index (χ3n) is 4.27. The van der Waals surface area contributed by atoms with E-state index in [1.54, 1.807) is 13.4 Å². The first-order valence-corrected chi connectivity index (χ1v) is 9.29. The number of nitrogens with one attached hydrogen (secondary N) is 3. The number of carbonyl (C=O) groups is 1. The Balaban J connectivity index is 1.90. The molecule has 0 aromatic carbocycles. The Bertz CT molecular complexity index is 541. The van der Waals surface area contributed by atoms with Crippen LogP contribution in [-0.4, -0.2) is 69.8 Å². The van der Waals surface area contributed by atoms with Gasteiger partial charge in [-0.25, -0.2) is 4.99 Å². The number of amides is 1. The molecule has 0 bridgehead atoms. The lowest BCUT2D eigenvalue weighted by Crippen LogP contribution is -2.43. The molecule has 8 nitrogen and oxygen atoms in total. The molecule has 3 N–H and O–H groups in total. The molecule has 1 fully saturated rings. The predicted octanol–water partition coefficient (Wildman–Crippen LogP) is 0.734. The molecule has 1 unspecified atom stereocenters. The number of ether oxygens (including phenoxy) is 1. The first-order chi connectivity index (χ1) is 12.7. The Morgan fingerprint density at radius 3 is 2.81 bits per heavy atom. The fourth-order valence-electron chi connectivity index (χ4n) is 2.98. The van der Waals surface area contributed by atoms with Gasteiger partial charge in [0.15, 0.2) is 5.96 Å². The molecule has 0 aliphatic carbocycles. The quantitative estimate of drug-likeness (QED) is 0.322. The summed E-state index contributed by atoms with van der Waals surface area (Å²) in [5.74, 6) is 1.46. The van der Waals surface area contributed by atoms with E-state index in [1.807, 2.05) is 19.1 Å². The van der Waals surface area contributed by atoms with Gasteiger partial charge < -0.3 is 25.1 Å². The molecule has 0 radical (unpaired) electrons. The summed E-state index contributed by atoms with van der Waals surface area (Å²) >= 11 is 0. The van der Waals surface area contributed by atoms with Crippen LogP contribution in [0.1, 0.15) is 31.6 Å². The van der Waals surface area contributed by atoms with Crippen LogP contribution in [0, 0.1) is 0 Å². The van der Waals surface area contributed by atoms with E-state index >= 15 is 0 Å². The van der Waals surface area contributed by atoms with Crippen molar-refractivity contribution in [3.05, 3.63) is 24.2 Å². The maximum atomic E-state index is 11.8. The van der Waals surface area contributed by atoms with Gasteiger partial charge in [0, 0.05) is 26.7 Å². The molecule has 1 saturated heterocycles. The summed E-state index contributed by atoms with van der Waals surface area (Å²) in [6.07, 6.45) is 4.14. The molecular weight excluding hydrogens is 334 g/mol. The Kier molecular flexibility index (Phi) is 8.99. The zero-order valence-electron chi connectivity index (χ0n) is 15.8. The highest BCUT2D eigenvalue weighted by Gasteiger charge is 2.25. The van der Waals surface area contributed by atoms with E-state index in [-0.39, 0.29) is 18.5 Å². The first kappa shape index (κ1) is 20.3. The molecule has 2 heterocycles. The van der Waals surface area contributed by atoms with Crippen LogP contribution in [0.2, 0.25) is 0 Å². The maximum Gasteiger partial charge on any atom is 0.241 e. The Hall–Kier alpha value is -2.06. The van der Waals surface area contributed by atoms with Crippen LogP contribution in [0.15, 0.2) is 27.8 Å². The zero-order chi connectivity index (χ0) is 18.6. The van der Waals surface area contributed by atoms with Crippen molar-refractivity contribution in [3.8, 4) is 0 Å². The van der Waals surface area contributed by atoms with Gasteiger partial charge in [-0.05, 0) is 45.0 Å². The zero-order valence-corrected chi connectivity index (χ0v) is 15.8. The number of furan rings is 1. The van der Waals surface area contributed by atoms with E-state index in [0.717, 1.165) is 25.4 Å². The molecule has 1 aliphatic heterocycles. The molecule has 0 saturated carbocycles. The SMILES string of the molecule is CCNC(=NCC(=O)NCCOC)NCC(c1ccco1)N1CCCC1. The molecule has 26 heavy (non-hydrogen) atoms. The van der Waals surface area contributed by atoms with Crippen LogP contribution in [-0.2, 0) is 9.53 Å². The largest absolute Gasteiger partial charge is 0.468 e. The molecule has 146 valence electrons. The predicted molar refractivity (Wildman–Crippen MR) is 101 cm³/mol. The molecule has 1 aromatic heterocycles. The van der Waals surface area contributed by atoms with E-state index in [0.29, 0.717) is 25.7 Å². The highest BCUT2D eigenvalue weighted by molar-refractivity contribution is 5.84. The van der Waals surface area contributed by atoms with Gasteiger partial charge in [-0.15, -0.1) is 0 Å². The average molecular weight is 365 g/mol. The summed E-state index contributed by atoms with van der Waals surface area (Å²) in [6.45, 7) is 6.61. The van der Waals surface area contributed by atoms with Gasteiger partial charge in [0.1, 0.15) is 12.3 Å². The van der Waals surface area contributed by atoms with Crippen molar-refractivity contribution in [1.82, 2.24) is 20.9 Å². The number of guanidine groups is 1. The van der Waals surface area contributed by atoms with Crippen LogP contribution in [0.25, 0.3) is 0 Å². The number of carbonyl (C=O) groups excluding carboxylic acids is 1. The van der Waals surface area contributed by atoms with Crippen LogP contribution < -0.4 is 16.0 Å². The van der Waals surface area contributed by atoms with Crippen molar-refractivity contribution in [2.45, 2.75) is 25.8 Å². The van der Waals surface area contributed by atoms with Gasteiger partial charge in [-0.1, -0.05) is 0 Å². The smallest absolute Gasteiger partial charge is 0.241 e. The van der Waals surface area contributed by atoms with Gasteiger partial charge in [-0.3, -0.25) is 9.69 Å². The lowest BCUT2D eigenvalue weighted by atomic mass is 10.2. The van der Waals surface area contributed by atoms with Crippen molar-refractivity contribution < 1.29 is 13.9 Å². The lowest BCUT2D eigenvalue weighted by Gasteiger charge is -2.26. The van der Waals surface area contributed by atoms with Crippen LogP contribution in [0.5, 0.6) is 0 Å². The summed E-state index contributed by atoms with van der Waals surface area (Å²) in [6, 6.07) is 4.09. The fourth-order valence-corrected chi connectivity index (χ4v) is 2.98. The second kappa shape index (κ2) is 11.5. The maximum absolute atomic E-state index is 11.8. The lowest BCUT2D eigenvalue weighted by molar-refractivity contribution is -0.119. The molecule has 8 heteroatoms. The Labute approximate surface area is 155 Å². The Morgan fingerprint density at radius 2 is 2.15 bits per heavy atom. The number of nitrogens with zero attached hydrogens (tertiary/aromatic N) is 2. The van der Waals surface area contributed by atoms with Crippen LogP contribution in [0.4, 0.5) is 0 Å². The normalized spacial score (nSPS) is 16.5. The second-order valence-electron chi connectivity index (χ2n) is 6.19. The molecule has 0 spiro atoms. The van der Waals surface area contributed by atoms with Crippen LogP contribution in [0.3, 0.4) is 0 Å².